The molecule has 1 saturated heterocycles. The lowest BCUT2D eigenvalue weighted by Crippen LogP contribution is -2.34. The van der Waals surface area contributed by atoms with Crippen LogP contribution >= 0.6 is 7.82 Å². The standard InChI is InChI=1S/C15H22N5O8P/c1-8(4-21)2-3-16-13-10-14(18-6-17-13)20(7-19-10)15-12(23)11(22)9(28-15)5-27-29(24,25)26/h2,6-7,9,11-12,15,21-23H,3-5H2,1H3,(H,16,17,18)(H2,24,25,26)/p-2/b8-2+. The van der Waals surface area contributed by atoms with E-state index in [4.69, 9.17) is 9.84 Å². The predicted molar refractivity (Wildman–Crippen MR) is 94.1 cm³/mol. The summed E-state index contributed by atoms with van der Waals surface area (Å²) < 4.78 is 21.6. The van der Waals surface area contributed by atoms with Gasteiger partial charge in [0.1, 0.15) is 24.6 Å². The summed E-state index contributed by atoms with van der Waals surface area (Å²) in [6, 6.07) is 0. The summed E-state index contributed by atoms with van der Waals surface area (Å²) in [5.74, 6) is 0.405. The molecular formula is C15H20N5O8P-2. The molecule has 0 spiro atoms. The Kier molecular flexibility index (Phi) is 6.61. The lowest BCUT2D eigenvalue weighted by molar-refractivity contribution is -0.343. The molecule has 0 bridgehead atoms. The number of anilines is 1. The highest BCUT2D eigenvalue weighted by atomic mass is 31.2. The van der Waals surface area contributed by atoms with Crippen LogP contribution in [0, 0.1) is 0 Å². The van der Waals surface area contributed by atoms with Crippen molar-refractivity contribution in [2.24, 2.45) is 0 Å². The average Bonchev–Trinajstić information content (AvgIpc) is 3.22. The van der Waals surface area contributed by atoms with E-state index in [1.807, 2.05) is 0 Å². The first kappa shape index (κ1) is 21.7. The maximum atomic E-state index is 10.6. The Morgan fingerprint density at radius 2 is 2.14 bits per heavy atom. The SMILES string of the molecule is C/C(=C\CNc1ncnc2c1ncn2C1OC(COP(=O)([O-])[O-])C(O)C1O)CO. The van der Waals surface area contributed by atoms with Crippen LogP contribution in [0.4, 0.5) is 5.82 Å². The fraction of sp³-hybridized carbons (Fsp3) is 0.533. The van der Waals surface area contributed by atoms with Gasteiger partial charge in [-0.1, -0.05) is 11.6 Å². The number of aliphatic hydroxyl groups is 3. The van der Waals surface area contributed by atoms with E-state index >= 15 is 0 Å². The third-order valence-corrected chi connectivity index (χ3v) is 4.80. The number of ether oxygens (including phenoxy) is 1. The molecule has 3 rings (SSSR count). The Morgan fingerprint density at radius 1 is 1.38 bits per heavy atom. The third kappa shape index (κ3) is 4.97. The van der Waals surface area contributed by atoms with Gasteiger partial charge in [0.05, 0.1) is 27.4 Å². The molecular weight excluding hydrogens is 409 g/mol. The van der Waals surface area contributed by atoms with E-state index in [9.17, 15) is 24.6 Å². The molecule has 2 aromatic heterocycles. The first-order chi connectivity index (χ1) is 13.7. The van der Waals surface area contributed by atoms with Crippen molar-refractivity contribution in [3.63, 3.8) is 0 Å². The summed E-state index contributed by atoms with van der Waals surface area (Å²) in [7, 11) is -5.25. The van der Waals surface area contributed by atoms with Crippen molar-refractivity contribution in [2.75, 3.05) is 25.1 Å². The highest BCUT2D eigenvalue weighted by Gasteiger charge is 2.44. The zero-order valence-corrected chi connectivity index (χ0v) is 16.2. The topological polar surface area (TPSA) is 198 Å². The fourth-order valence-corrected chi connectivity index (χ4v) is 3.14. The first-order valence-corrected chi connectivity index (χ1v) is 10.0. The van der Waals surface area contributed by atoms with Gasteiger partial charge < -0.3 is 44.2 Å². The molecule has 0 amide bonds. The molecule has 13 nitrogen and oxygen atoms in total. The van der Waals surface area contributed by atoms with Gasteiger partial charge >= 0.3 is 0 Å². The molecule has 3 heterocycles. The van der Waals surface area contributed by atoms with Gasteiger partial charge in [0.15, 0.2) is 23.2 Å². The van der Waals surface area contributed by atoms with Crippen LogP contribution in [0.15, 0.2) is 24.3 Å². The van der Waals surface area contributed by atoms with Crippen molar-refractivity contribution in [3.05, 3.63) is 24.3 Å². The van der Waals surface area contributed by atoms with Crippen LogP contribution in [0.3, 0.4) is 0 Å². The smallest absolute Gasteiger partial charge is 0.167 e. The molecule has 1 aliphatic heterocycles. The molecule has 4 unspecified atom stereocenters. The summed E-state index contributed by atoms with van der Waals surface area (Å²) in [5.41, 5.74) is 1.44. The Labute approximate surface area is 164 Å². The summed E-state index contributed by atoms with van der Waals surface area (Å²) in [6.07, 6.45) is -0.935. The van der Waals surface area contributed by atoms with Crippen LogP contribution in [-0.4, -0.2) is 72.9 Å². The van der Waals surface area contributed by atoms with Crippen LogP contribution in [0.2, 0.25) is 0 Å². The van der Waals surface area contributed by atoms with Crippen LogP contribution < -0.4 is 15.1 Å². The monoisotopic (exact) mass is 429 g/mol. The molecule has 29 heavy (non-hydrogen) atoms. The molecule has 4 N–H and O–H groups in total. The van der Waals surface area contributed by atoms with E-state index in [0.29, 0.717) is 23.5 Å². The van der Waals surface area contributed by atoms with E-state index in [-0.39, 0.29) is 6.61 Å². The van der Waals surface area contributed by atoms with Gasteiger partial charge in [-0.25, -0.2) is 15.0 Å². The maximum Gasteiger partial charge on any atom is 0.167 e. The Balaban J connectivity index is 1.80. The molecule has 0 aliphatic carbocycles. The lowest BCUT2D eigenvalue weighted by atomic mass is 10.1. The Hall–Kier alpha value is -1.96. The highest BCUT2D eigenvalue weighted by Crippen LogP contribution is 2.34. The fourth-order valence-electron chi connectivity index (χ4n) is 2.82. The number of rotatable bonds is 8. The number of fused-ring (bicyclic) bond motifs is 1. The van der Waals surface area contributed by atoms with Gasteiger partial charge in [-0.05, 0) is 6.92 Å². The summed E-state index contributed by atoms with van der Waals surface area (Å²) in [6.45, 7) is 1.36. The largest absolute Gasteiger partial charge is 0.790 e. The van der Waals surface area contributed by atoms with Gasteiger partial charge in [-0.15, -0.1) is 0 Å². The molecule has 2 aromatic rings. The van der Waals surface area contributed by atoms with Crippen molar-refractivity contribution in [1.29, 1.82) is 0 Å². The number of hydrogen-bond acceptors (Lipinski definition) is 12. The molecule has 4 atom stereocenters. The second-order valence-corrected chi connectivity index (χ2v) is 7.58. The second-order valence-electron chi connectivity index (χ2n) is 6.43. The van der Waals surface area contributed by atoms with Gasteiger partial charge in [-0.3, -0.25) is 4.57 Å². The molecule has 1 aliphatic rings. The van der Waals surface area contributed by atoms with E-state index in [1.165, 1.54) is 17.2 Å². The number of hydrogen-bond donors (Lipinski definition) is 4. The summed E-state index contributed by atoms with van der Waals surface area (Å²) in [5, 5.41) is 32.4. The van der Waals surface area contributed by atoms with Crippen molar-refractivity contribution in [3.8, 4) is 0 Å². The van der Waals surface area contributed by atoms with Crippen molar-refractivity contribution in [2.45, 2.75) is 31.5 Å². The van der Waals surface area contributed by atoms with Crippen LogP contribution in [0.1, 0.15) is 13.2 Å². The highest BCUT2D eigenvalue weighted by molar-refractivity contribution is 7.43. The zero-order chi connectivity index (χ0) is 21.2. The molecule has 0 radical (unpaired) electrons. The minimum atomic E-state index is -5.25. The quantitative estimate of drug-likeness (QED) is 0.258. The van der Waals surface area contributed by atoms with Crippen LogP contribution in [0.5, 0.6) is 0 Å². The minimum Gasteiger partial charge on any atom is -0.790 e. The molecule has 0 aromatic carbocycles. The van der Waals surface area contributed by atoms with Gasteiger partial charge in [0.25, 0.3) is 0 Å². The van der Waals surface area contributed by atoms with Crippen molar-refractivity contribution < 1.29 is 38.9 Å². The normalized spacial score (nSPS) is 25.7. The predicted octanol–water partition coefficient (Wildman–Crippen LogP) is -2.36. The zero-order valence-electron chi connectivity index (χ0n) is 15.3. The Morgan fingerprint density at radius 3 is 2.83 bits per heavy atom. The Bertz CT molecular complexity index is 931. The van der Waals surface area contributed by atoms with Gasteiger partial charge in [0.2, 0.25) is 0 Å². The average molecular weight is 429 g/mol. The number of phosphoric ester groups is 1. The second kappa shape index (κ2) is 8.81. The molecule has 0 saturated carbocycles. The number of imidazole rings is 1. The molecule has 14 heteroatoms. The third-order valence-electron chi connectivity index (χ3n) is 4.34. The lowest BCUT2D eigenvalue weighted by Gasteiger charge is -2.30. The van der Waals surface area contributed by atoms with E-state index in [1.54, 1.807) is 13.0 Å². The van der Waals surface area contributed by atoms with E-state index < -0.39 is 39.0 Å². The van der Waals surface area contributed by atoms with Gasteiger partial charge in [0, 0.05) is 6.54 Å². The summed E-state index contributed by atoms with van der Waals surface area (Å²) >= 11 is 0. The molecule has 1 fully saturated rings. The first-order valence-electron chi connectivity index (χ1n) is 8.57. The van der Waals surface area contributed by atoms with Crippen molar-refractivity contribution >= 4 is 24.8 Å². The van der Waals surface area contributed by atoms with E-state index in [0.717, 1.165) is 5.57 Å². The maximum absolute atomic E-state index is 10.6. The van der Waals surface area contributed by atoms with Crippen LogP contribution in [-0.2, 0) is 13.8 Å². The van der Waals surface area contributed by atoms with Crippen LogP contribution in [0.25, 0.3) is 11.2 Å². The van der Waals surface area contributed by atoms with E-state index in [2.05, 4.69) is 24.8 Å². The van der Waals surface area contributed by atoms with Gasteiger partial charge in [-0.2, -0.15) is 0 Å². The number of aromatic nitrogens is 4. The molecule has 160 valence electrons. The number of nitrogens with one attached hydrogen (secondary N) is 1. The number of phosphoric acid groups is 1. The number of nitrogens with zero attached hydrogens (tertiary/aromatic N) is 4. The number of aliphatic hydroxyl groups excluding tert-OH is 3. The summed E-state index contributed by atoms with van der Waals surface area (Å²) in [4.78, 5) is 33.7. The van der Waals surface area contributed by atoms with Crippen molar-refractivity contribution in [1.82, 2.24) is 19.5 Å². The minimum absolute atomic E-state index is 0.0618.